The molecule has 0 aromatic heterocycles. The highest BCUT2D eigenvalue weighted by atomic mass is 15.1. The molecule has 0 aromatic carbocycles. The number of nitrogens with one attached hydrogen (secondary N) is 1. The molecule has 1 saturated carbocycles. The minimum absolute atomic E-state index is 0.367. The Morgan fingerprint density at radius 2 is 2.07 bits per heavy atom. The van der Waals surface area contributed by atoms with Crippen molar-refractivity contribution < 1.29 is 0 Å². The van der Waals surface area contributed by atoms with E-state index >= 15 is 0 Å². The first kappa shape index (κ1) is 10.0. The number of amidine groups is 1. The zero-order valence-corrected chi connectivity index (χ0v) is 9.64. The van der Waals surface area contributed by atoms with Gasteiger partial charge in [0.1, 0.15) is 0 Å². The van der Waals surface area contributed by atoms with E-state index in [1.807, 2.05) is 0 Å². The van der Waals surface area contributed by atoms with Crippen LogP contribution in [0.3, 0.4) is 0 Å². The fourth-order valence-corrected chi connectivity index (χ4v) is 2.31. The molecular formula is C12H22N2. The van der Waals surface area contributed by atoms with Crippen molar-refractivity contribution >= 4 is 5.84 Å². The van der Waals surface area contributed by atoms with E-state index in [2.05, 4.69) is 31.1 Å². The van der Waals surface area contributed by atoms with Crippen LogP contribution in [0.2, 0.25) is 0 Å². The highest BCUT2D eigenvalue weighted by Gasteiger charge is 2.39. The summed E-state index contributed by atoms with van der Waals surface area (Å²) >= 11 is 0. The first-order chi connectivity index (χ1) is 6.57. The van der Waals surface area contributed by atoms with Gasteiger partial charge in [-0.15, -0.1) is 0 Å². The van der Waals surface area contributed by atoms with E-state index in [0.29, 0.717) is 11.5 Å². The molecule has 1 aliphatic carbocycles. The van der Waals surface area contributed by atoms with Crippen LogP contribution in [0.4, 0.5) is 0 Å². The molecule has 14 heavy (non-hydrogen) atoms. The first-order valence-electron chi connectivity index (χ1n) is 5.87. The number of nitrogens with zero attached hydrogens (tertiary/aromatic N) is 1. The maximum absolute atomic E-state index is 4.50. The first-order valence-corrected chi connectivity index (χ1v) is 5.87. The summed E-state index contributed by atoms with van der Waals surface area (Å²) < 4.78 is 0. The number of hydrogen-bond acceptors (Lipinski definition) is 2. The molecule has 2 rings (SSSR count). The summed E-state index contributed by atoms with van der Waals surface area (Å²) in [6.45, 7) is 8.03. The predicted molar refractivity (Wildman–Crippen MR) is 60.6 cm³/mol. The zero-order valence-electron chi connectivity index (χ0n) is 9.64. The van der Waals surface area contributed by atoms with Gasteiger partial charge >= 0.3 is 0 Å². The molecule has 2 nitrogen and oxygen atoms in total. The minimum atomic E-state index is 0.367. The molecule has 1 aliphatic heterocycles. The fourth-order valence-electron chi connectivity index (χ4n) is 2.31. The lowest BCUT2D eigenvalue weighted by molar-refractivity contribution is 0.268. The van der Waals surface area contributed by atoms with Crippen LogP contribution in [0.25, 0.3) is 0 Å². The highest BCUT2D eigenvalue weighted by molar-refractivity contribution is 5.83. The molecule has 0 saturated heterocycles. The molecule has 1 heterocycles. The third-order valence-corrected chi connectivity index (χ3v) is 3.22. The van der Waals surface area contributed by atoms with Crippen LogP contribution in [0.5, 0.6) is 0 Å². The average Bonchev–Trinajstić information content (AvgIpc) is 2.77. The quantitative estimate of drug-likeness (QED) is 0.718. The van der Waals surface area contributed by atoms with Crippen LogP contribution in [0, 0.1) is 11.3 Å². The SMILES string of the molecule is CC(C)(C)C(NC1=NCCC1)C1CC1. The molecule has 0 spiro atoms. The van der Waals surface area contributed by atoms with Gasteiger partial charge in [-0.25, -0.2) is 0 Å². The molecule has 1 unspecified atom stereocenters. The van der Waals surface area contributed by atoms with Gasteiger partial charge in [0.15, 0.2) is 0 Å². The molecule has 1 atom stereocenters. The van der Waals surface area contributed by atoms with Gasteiger partial charge in [-0.3, -0.25) is 4.99 Å². The van der Waals surface area contributed by atoms with Crippen LogP contribution >= 0.6 is 0 Å². The lowest BCUT2D eigenvalue weighted by Gasteiger charge is -2.32. The molecule has 0 bridgehead atoms. The Morgan fingerprint density at radius 3 is 2.50 bits per heavy atom. The van der Waals surface area contributed by atoms with Crippen LogP contribution in [0.15, 0.2) is 4.99 Å². The predicted octanol–water partition coefficient (Wildman–Crippen LogP) is 2.59. The smallest absolute Gasteiger partial charge is 0.0966 e. The molecule has 1 N–H and O–H groups in total. The van der Waals surface area contributed by atoms with Crippen molar-refractivity contribution in [1.29, 1.82) is 0 Å². The van der Waals surface area contributed by atoms with Gasteiger partial charge in [-0.2, -0.15) is 0 Å². The summed E-state index contributed by atoms with van der Waals surface area (Å²) in [4.78, 5) is 4.50. The van der Waals surface area contributed by atoms with E-state index in [0.717, 1.165) is 12.5 Å². The largest absolute Gasteiger partial charge is 0.370 e. The molecule has 0 aromatic rings. The molecule has 2 aliphatic rings. The minimum Gasteiger partial charge on any atom is -0.370 e. The summed E-state index contributed by atoms with van der Waals surface area (Å²) in [6.07, 6.45) is 5.22. The highest BCUT2D eigenvalue weighted by Crippen LogP contribution is 2.40. The van der Waals surface area contributed by atoms with Crippen molar-refractivity contribution in [1.82, 2.24) is 5.32 Å². The van der Waals surface area contributed by atoms with E-state index in [-0.39, 0.29) is 0 Å². The third-order valence-electron chi connectivity index (χ3n) is 3.22. The van der Waals surface area contributed by atoms with Crippen LogP contribution in [0.1, 0.15) is 46.5 Å². The van der Waals surface area contributed by atoms with Gasteiger partial charge in [0.2, 0.25) is 0 Å². The maximum Gasteiger partial charge on any atom is 0.0966 e. The van der Waals surface area contributed by atoms with Crippen molar-refractivity contribution in [3.8, 4) is 0 Å². The lowest BCUT2D eigenvalue weighted by atomic mass is 9.83. The Bertz CT molecular complexity index is 233. The van der Waals surface area contributed by atoms with Gasteiger partial charge in [0.25, 0.3) is 0 Å². The van der Waals surface area contributed by atoms with Gasteiger partial charge in [0, 0.05) is 19.0 Å². The van der Waals surface area contributed by atoms with Crippen molar-refractivity contribution in [2.75, 3.05) is 6.54 Å². The number of aliphatic imine (C=N–C) groups is 1. The summed E-state index contributed by atoms with van der Waals surface area (Å²) in [5.41, 5.74) is 0.367. The van der Waals surface area contributed by atoms with Crippen molar-refractivity contribution in [2.24, 2.45) is 16.3 Å². The second-order valence-electron chi connectivity index (χ2n) is 5.76. The van der Waals surface area contributed by atoms with Gasteiger partial charge in [-0.05, 0) is 30.6 Å². The number of hydrogen-bond donors (Lipinski definition) is 1. The second-order valence-corrected chi connectivity index (χ2v) is 5.76. The molecular weight excluding hydrogens is 172 g/mol. The molecule has 0 amide bonds. The van der Waals surface area contributed by atoms with Crippen molar-refractivity contribution in [2.45, 2.75) is 52.5 Å². The summed E-state index contributed by atoms with van der Waals surface area (Å²) in [7, 11) is 0. The van der Waals surface area contributed by atoms with Crippen LogP contribution < -0.4 is 5.32 Å². The van der Waals surface area contributed by atoms with Gasteiger partial charge < -0.3 is 5.32 Å². The Hall–Kier alpha value is -0.530. The monoisotopic (exact) mass is 194 g/mol. The zero-order chi connectivity index (χ0) is 10.2. The molecule has 80 valence electrons. The second kappa shape index (κ2) is 3.56. The Kier molecular flexibility index (Phi) is 2.54. The molecule has 0 radical (unpaired) electrons. The van der Waals surface area contributed by atoms with E-state index in [4.69, 9.17) is 0 Å². The van der Waals surface area contributed by atoms with E-state index in [9.17, 15) is 0 Å². The molecule has 2 heteroatoms. The fraction of sp³-hybridized carbons (Fsp3) is 0.917. The van der Waals surface area contributed by atoms with Gasteiger partial charge in [-0.1, -0.05) is 20.8 Å². The van der Waals surface area contributed by atoms with Crippen molar-refractivity contribution in [3.05, 3.63) is 0 Å². The average molecular weight is 194 g/mol. The lowest BCUT2D eigenvalue weighted by Crippen LogP contribution is -2.44. The Labute approximate surface area is 87.2 Å². The van der Waals surface area contributed by atoms with E-state index in [1.54, 1.807) is 0 Å². The maximum atomic E-state index is 4.50. The normalized spacial score (nSPS) is 24.6. The number of rotatable bonds is 2. The van der Waals surface area contributed by atoms with E-state index in [1.165, 1.54) is 31.5 Å². The Morgan fingerprint density at radius 1 is 1.36 bits per heavy atom. The molecule has 1 fully saturated rings. The standard InChI is InChI=1S/C12H22N2/c1-12(2,3)11(9-6-7-9)14-10-5-4-8-13-10/h9,11H,4-8H2,1-3H3,(H,13,14). The Balaban J connectivity index is 1.97. The summed E-state index contributed by atoms with van der Waals surface area (Å²) in [5.74, 6) is 2.16. The summed E-state index contributed by atoms with van der Waals surface area (Å²) in [6, 6.07) is 0.638. The van der Waals surface area contributed by atoms with Crippen molar-refractivity contribution in [3.63, 3.8) is 0 Å². The van der Waals surface area contributed by atoms with Crippen LogP contribution in [-0.4, -0.2) is 18.4 Å². The third kappa shape index (κ3) is 2.28. The summed E-state index contributed by atoms with van der Waals surface area (Å²) in [5, 5.41) is 3.67. The van der Waals surface area contributed by atoms with E-state index < -0.39 is 0 Å². The van der Waals surface area contributed by atoms with Crippen LogP contribution in [-0.2, 0) is 0 Å². The topological polar surface area (TPSA) is 24.4 Å². The van der Waals surface area contributed by atoms with Gasteiger partial charge in [0.05, 0.1) is 5.84 Å².